The Bertz CT molecular complexity index is 536. The van der Waals surface area contributed by atoms with Gasteiger partial charge in [0, 0.05) is 24.2 Å². The normalized spacial score (nSPS) is 22.3. The van der Waals surface area contributed by atoms with Gasteiger partial charge in [0.1, 0.15) is 5.82 Å². The molecule has 1 saturated carbocycles. The highest BCUT2D eigenvalue weighted by molar-refractivity contribution is 5.95. The van der Waals surface area contributed by atoms with Crippen LogP contribution in [0.1, 0.15) is 36.0 Å². The molecule has 1 aliphatic rings. The van der Waals surface area contributed by atoms with E-state index >= 15 is 0 Å². The highest BCUT2D eigenvalue weighted by atomic mass is 19.1. The summed E-state index contributed by atoms with van der Waals surface area (Å²) in [4.78, 5) is 22.0. The number of nitro benzene ring substituents is 1. The van der Waals surface area contributed by atoms with Crippen LogP contribution in [0.25, 0.3) is 0 Å². The molecule has 6 nitrogen and oxygen atoms in total. The Morgan fingerprint density at radius 2 is 2.10 bits per heavy atom. The Labute approximate surface area is 115 Å². The van der Waals surface area contributed by atoms with E-state index in [1.807, 2.05) is 0 Å². The molecule has 0 spiro atoms. The van der Waals surface area contributed by atoms with Crippen molar-refractivity contribution in [2.75, 3.05) is 0 Å². The summed E-state index contributed by atoms with van der Waals surface area (Å²) in [5, 5.41) is 13.3. The van der Waals surface area contributed by atoms with Crippen molar-refractivity contribution >= 4 is 11.6 Å². The Morgan fingerprint density at radius 1 is 1.40 bits per heavy atom. The van der Waals surface area contributed by atoms with Gasteiger partial charge in [0.15, 0.2) is 0 Å². The fourth-order valence-corrected chi connectivity index (χ4v) is 2.39. The number of hydrogen-bond donors (Lipinski definition) is 2. The second-order valence-electron chi connectivity index (χ2n) is 4.95. The second-order valence-corrected chi connectivity index (χ2v) is 4.95. The number of benzene rings is 1. The summed E-state index contributed by atoms with van der Waals surface area (Å²) in [7, 11) is 0. The minimum atomic E-state index is -0.780. The number of carbonyl (C=O) groups excluding carboxylic acids is 1. The molecule has 1 aromatic rings. The molecule has 2 atom stereocenters. The van der Waals surface area contributed by atoms with Gasteiger partial charge >= 0.3 is 0 Å². The molecule has 0 aromatic heterocycles. The maximum atomic E-state index is 13.6. The predicted molar refractivity (Wildman–Crippen MR) is 70.8 cm³/mol. The largest absolute Gasteiger partial charge is 0.348 e. The zero-order valence-electron chi connectivity index (χ0n) is 10.8. The monoisotopic (exact) mass is 281 g/mol. The summed E-state index contributed by atoms with van der Waals surface area (Å²) in [6, 6.07) is 2.52. The van der Waals surface area contributed by atoms with Gasteiger partial charge in [-0.3, -0.25) is 14.9 Å². The van der Waals surface area contributed by atoms with Gasteiger partial charge in [-0.05, 0) is 18.9 Å². The summed E-state index contributed by atoms with van der Waals surface area (Å²) >= 11 is 0. The molecule has 0 radical (unpaired) electrons. The number of amides is 1. The second kappa shape index (κ2) is 5.96. The first-order valence-electron chi connectivity index (χ1n) is 6.49. The van der Waals surface area contributed by atoms with Gasteiger partial charge in [-0.25, -0.2) is 4.39 Å². The van der Waals surface area contributed by atoms with Crippen LogP contribution in [0.2, 0.25) is 0 Å². The average Bonchev–Trinajstić information content (AvgIpc) is 2.41. The van der Waals surface area contributed by atoms with Gasteiger partial charge in [0.25, 0.3) is 11.6 Å². The van der Waals surface area contributed by atoms with Crippen molar-refractivity contribution in [3.05, 3.63) is 39.7 Å². The Morgan fingerprint density at radius 3 is 2.75 bits per heavy atom. The van der Waals surface area contributed by atoms with Crippen molar-refractivity contribution in [2.45, 2.75) is 37.8 Å². The zero-order valence-corrected chi connectivity index (χ0v) is 10.8. The van der Waals surface area contributed by atoms with E-state index in [2.05, 4.69) is 5.32 Å². The molecule has 1 amide bonds. The minimum Gasteiger partial charge on any atom is -0.348 e. The van der Waals surface area contributed by atoms with E-state index in [4.69, 9.17) is 5.73 Å². The minimum absolute atomic E-state index is 0.158. The Hall–Kier alpha value is -2.02. The number of rotatable bonds is 3. The number of halogens is 1. The highest BCUT2D eigenvalue weighted by Gasteiger charge is 2.25. The maximum Gasteiger partial charge on any atom is 0.270 e. The molecule has 3 N–H and O–H groups in total. The Kier molecular flexibility index (Phi) is 4.29. The van der Waals surface area contributed by atoms with Gasteiger partial charge in [0.2, 0.25) is 0 Å². The van der Waals surface area contributed by atoms with Gasteiger partial charge in [0.05, 0.1) is 10.5 Å². The summed E-state index contributed by atoms with van der Waals surface area (Å²) < 4.78 is 13.6. The molecular formula is C13H16FN3O3. The number of hydrogen-bond acceptors (Lipinski definition) is 4. The standard InChI is InChI=1S/C13H16FN3O3/c14-10-6-5-8(17(19)20)7-9(10)13(18)16-12-4-2-1-3-11(12)15/h5-7,11-12H,1-4,15H2,(H,16,18)/t11-,12-/m1/s1. The third kappa shape index (κ3) is 3.11. The van der Waals surface area contributed by atoms with Crippen LogP contribution in [0.4, 0.5) is 10.1 Å². The van der Waals surface area contributed by atoms with Gasteiger partial charge in [-0.1, -0.05) is 12.8 Å². The molecule has 0 unspecified atom stereocenters. The summed E-state index contributed by atoms with van der Waals surface area (Å²) in [6.07, 6.45) is 3.51. The van der Waals surface area contributed by atoms with Gasteiger partial charge in [-0.2, -0.15) is 0 Å². The summed E-state index contributed by atoms with van der Waals surface area (Å²) in [5.41, 5.74) is 5.27. The van der Waals surface area contributed by atoms with Crippen molar-refractivity contribution in [3.63, 3.8) is 0 Å². The lowest BCUT2D eigenvalue weighted by atomic mass is 9.91. The molecule has 0 bridgehead atoms. The van der Waals surface area contributed by atoms with Crippen LogP contribution in [0.3, 0.4) is 0 Å². The average molecular weight is 281 g/mol. The molecule has 2 rings (SSSR count). The fraction of sp³-hybridized carbons (Fsp3) is 0.462. The topological polar surface area (TPSA) is 98.3 Å². The van der Waals surface area contributed by atoms with Crippen molar-refractivity contribution in [1.82, 2.24) is 5.32 Å². The number of nitrogens with two attached hydrogens (primary N) is 1. The first-order valence-corrected chi connectivity index (χ1v) is 6.49. The number of nitro groups is 1. The van der Waals surface area contributed by atoms with Crippen molar-refractivity contribution < 1.29 is 14.1 Å². The van der Waals surface area contributed by atoms with Gasteiger partial charge in [-0.15, -0.1) is 0 Å². The van der Waals surface area contributed by atoms with E-state index in [0.717, 1.165) is 43.9 Å². The lowest BCUT2D eigenvalue weighted by molar-refractivity contribution is -0.384. The molecule has 108 valence electrons. The molecule has 1 aliphatic carbocycles. The van der Waals surface area contributed by atoms with Crippen molar-refractivity contribution in [1.29, 1.82) is 0 Å². The van der Waals surface area contributed by atoms with Crippen LogP contribution in [-0.4, -0.2) is 22.9 Å². The lowest BCUT2D eigenvalue weighted by Gasteiger charge is -2.29. The quantitative estimate of drug-likeness (QED) is 0.651. The summed E-state index contributed by atoms with van der Waals surface area (Å²) in [5.74, 6) is -1.44. The third-order valence-electron chi connectivity index (χ3n) is 3.54. The van der Waals surface area contributed by atoms with Crippen LogP contribution < -0.4 is 11.1 Å². The van der Waals surface area contributed by atoms with E-state index < -0.39 is 16.6 Å². The first kappa shape index (κ1) is 14.4. The smallest absolute Gasteiger partial charge is 0.270 e. The van der Waals surface area contributed by atoms with E-state index in [9.17, 15) is 19.3 Å². The zero-order chi connectivity index (χ0) is 14.7. The number of carbonyl (C=O) groups is 1. The van der Waals surface area contributed by atoms with Crippen LogP contribution in [-0.2, 0) is 0 Å². The number of nitrogens with zero attached hydrogens (tertiary/aromatic N) is 1. The molecular weight excluding hydrogens is 265 g/mol. The third-order valence-corrected chi connectivity index (χ3v) is 3.54. The maximum absolute atomic E-state index is 13.6. The van der Waals surface area contributed by atoms with Crippen LogP contribution in [0.15, 0.2) is 18.2 Å². The summed E-state index contributed by atoms with van der Waals surface area (Å²) in [6.45, 7) is 0. The van der Waals surface area contributed by atoms with Crippen LogP contribution in [0, 0.1) is 15.9 Å². The van der Waals surface area contributed by atoms with Crippen molar-refractivity contribution in [3.8, 4) is 0 Å². The van der Waals surface area contributed by atoms with Crippen molar-refractivity contribution in [2.24, 2.45) is 5.73 Å². The van der Waals surface area contributed by atoms with E-state index in [1.54, 1.807) is 0 Å². The molecule has 1 aromatic carbocycles. The number of nitrogens with one attached hydrogen (secondary N) is 1. The first-order chi connectivity index (χ1) is 9.49. The molecule has 7 heteroatoms. The van der Waals surface area contributed by atoms with E-state index in [1.165, 1.54) is 0 Å². The SMILES string of the molecule is N[C@@H]1CCCC[C@H]1NC(=O)c1cc([N+](=O)[O-])ccc1F. The van der Waals surface area contributed by atoms with E-state index in [-0.39, 0.29) is 23.3 Å². The predicted octanol–water partition coefficient (Wildman–Crippen LogP) is 1.73. The molecule has 20 heavy (non-hydrogen) atoms. The highest BCUT2D eigenvalue weighted by Crippen LogP contribution is 2.20. The molecule has 1 fully saturated rings. The molecule has 0 heterocycles. The van der Waals surface area contributed by atoms with Gasteiger partial charge < -0.3 is 11.1 Å². The van der Waals surface area contributed by atoms with Crippen LogP contribution in [0.5, 0.6) is 0 Å². The molecule has 0 saturated heterocycles. The number of non-ortho nitro benzene ring substituents is 1. The van der Waals surface area contributed by atoms with Crippen LogP contribution >= 0.6 is 0 Å². The molecule has 0 aliphatic heterocycles. The Balaban J connectivity index is 2.16. The van der Waals surface area contributed by atoms with E-state index in [0.29, 0.717) is 0 Å². The fourth-order valence-electron chi connectivity index (χ4n) is 2.39. The lowest BCUT2D eigenvalue weighted by Crippen LogP contribution is -2.49.